The fourth-order valence-electron chi connectivity index (χ4n) is 3.49. The van der Waals surface area contributed by atoms with Crippen LogP contribution in [0.1, 0.15) is 24.7 Å². The van der Waals surface area contributed by atoms with Crippen LogP contribution >= 0.6 is 24.0 Å². The van der Waals surface area contributed by atoms with Gasteiger partial charge in [0.05, 0.1) is 19.8 Å². The number of halogens is 1. The number of nitrogens with zero attached hydrogens (tertiary/aromatic N) is 5. The second-order valence-corrected chi connectivity index (χ2v) is 7.85. The third kappa shape index (κ3) is 10.3. The first-order chi connectivity index (χ1) is 15.7. The topological polar surface area (TPSA) is 88.8 Å². The molecule has 0 spiro atoms. The smallest absolute Gasteiger partial charge is 0.191 e. The van der Waals surface area contributed by atoms with Gasteiger partial charge in [-0.05, 0) is 25.5 Å². The van der Waals surface area contributed by atoms with Crippen molar-refractivity contribution in [3.8, 4) is 5.75 Å². The highest BCUT2D eigenvalue weighted by molar-refractivity contribution is 14.0. The number of nitrogens with one attached hydrogen (secondary N) is 2. The van der Waals surface area contributed by atoms with Gasteiger partial charge in [0.15, 0.2) is 5.96 Å². The predicted octanol–water partition coefficient (Wildman–Crippen LogP) is 2.10. The van der Waals surface area contributed by atoms with E-state index in [1.165, 1.54) is 5.56 Å². The molecule has 0 atom stereocenters. The second kappa shape index (κ2) is 15.8. The van der Waals surface area contributed by atoms with Crippen LogP contribution in [0.2, 0.25) is 0 Å². The highest BCUT2D eigenvalue weighted by Crippen LogP contribution is 2.10. The lowest BCUT2D eigenvalue weighted by atomic mass is 10.2. The van der Waals surface area contributed by atoms with Crippen LogP contribution in [0, 0.1) is 6.92 Å². The number of rotatable bonds is 12. The van der Waals surface area contributed by atoms with E-state index in [0.29, 0.717) is 13.2 Å². The van der Waals surface area contributed by atoms with Gasteiger partial charge in [-0.2, -0.15) is 0 Å². The maximum Gasteiger partial charge on any atom is 0.191 e. The Morgan fingerprint density at radius 2 is 1.88 bits per heavy atom. The molecule has 1 aliphatic heterocycles. The van der Waals surface area contributed by atoms with Gasteiger partial charge in [0, 0.05) is 45.7 Å². The molecule has 1 fully saturated rings. The summed E-state index contributed by atoms with van der Waals surface area (Å²) in [7, 11) is 0. The number of hydrogen-bond acceptors (Lipinski definition) is 6. The summed E-state index contributed by atoms with van der Waals surface area (Å²) in [6, 6.07) is 8.11. The van der Waals surface area contributed by atoms with Crippen molar-refractivity contribution in [1.29, 1.82) is 0 Å². The van der Waals surface area contributed by atoms with Gasteiger partial charge in [0.25, 0.3) is 0 Å². The minimum absolute atomic E-state index is 0. The molecular formula is C23H38IN7O2. The summed E-state index contributed by atoms with van der Waals surface area (Å²) < 4.78 is 13.3. The van der Waals surface area contributed by atoms with Crippen molar-refractivity contribution >= 4 is 29.9 Å². The molecule has 2 aromatic rings. The van der Waals surface area contributed by atoms with Crippen LogP contribution < -0.4 is 15.4 Å². The molecule has 0 unspecified atom stereocenters. The number of aromatic nitrogens is 3. The van der Waals surface area contributed by atoms with Gasteiger partial charge in [-0.25, -0.2) is 0 Å². The van der Waals surface area contributed by atoms with Gasteiger partial charge in [0.2, 0.25) is 0 Å². The second-order valence-electron chi connectivity index (χ2n) is 7.85. The SMILES string of the molecule is CCc1nncn1CCNC(=NCCCN1CCOCC1)NCCOc1ccc(C)cc1.I. The molecule has 1 aliphatic rings. The van der Waals surface area contributed by atoms with Crippen molar-refractivity contribution in [1.82, 2.24) is 30.3 Å². The molecule has 1 aromatic carbocycles. The third-order valence-electron chi connectivity index (χ3n) is 5.35. The molecule has 1 aromatic heterocycles. The van der Waals surface area contributed by atoms with E-state index in [9.17, 15) is 0 Å². The molecular weight excluding hydrogens is 533 g/mol. The summed E-state index contributed by atoms with van der Waals surface area (Å²) in [5.74, 6) is 2.69. The molecule has 0 bridgehead atoms. The molecule has 184 valence electrons. The lowest BCUT2D eigenvalue weighted by molar-refractivity contribution is 0.0377. The van der Waals surface area contributed by atoms with E-state index in [4.69, 9.17) is 14.5 Å². The Morgan fingerprint density at radius 1 is 1.12 bits per heavy atom. The Morgan fingerprint density at radius 3 is 2.64 bits per heavy atom. The fraction of sp³-hybridized carbons (Fsp3) is 0.609. The summed E-state index contributed by atoms with van der Waals surface area (Å²) in [5.41, 5.74) is 1.23. The molecule has 3 rings (SSSR count). The minimum atomic E-state index is 0. The maximum absolute atomic E-state index is 5.83. The molecule has 0 amide bonds. The Labute approximate surface area is 214 Å². The monoisotopic (exact) mass is 571 g/mol. The van der Waals surface area contributed by atoms with E-state index in [1.54, 1.807) is 6.33 Å². The van der Waals surface area contributed by atoms with Crippen LogP contribution in [0.15, 0.2) is 35.6 Å². The molecule has 0 saturated carbocycles. The van der Waals surface area contributed by atoms with Crippen LogP contribution in [0.4, 0.5) is 0 Å². The quantitative estimate of drug-likeness (QED) is 0.175. The highest BCUT2D eigenvalue weighted by Gasteiger charge is 2.09. The number of guanidine groups is 1. The first kappa shape index (κ1) is 27.3. The van der Waals surface area contributed by atoms with E-state index in [-0.39, 0.29) is 24.0 Å². The molecule has 9 nitrogen and oxygen atoms in total. The van der Waals surface area contributed by atoms with Gasteiger partial charge >= 0.3 is 0 Å². The zero-order valence-corrected chi connectivity index (χ0v) is 22.2. The summed E-state index contributed by atoms with van der Waals surface area (Å²) in [6.07, 6.45) is 3.68. The molecule has 1 saturated heterocycles. The van der Waals surface area contributed by atoms with Crippen LogP contribution in [0.5, 0.6) is 5.75 Å². The zero-order chi connectivity index (χ0) is 22.4. The van der Waals surface area contributed by atoms with Crippen molar-refractivity contribution in [2.75, 3.05) is 59.1 Å². The number of benzene rings is 1. The normalized spacial score (nSPS) is 14.5. The Hall–Kier alpha value is -1.92. The summed E-state index contributed by atoms with van der Waals surface area (Å²) in [4.78, 5) is 7.20. The molecule has 2 heterocycles. The highest BCUT2D eigenvalue weighted by atomic mass is 127. The summed E-state index contributed by atoms with van der Waals surface area (Å²) in [6.45, 7) is 12.5. The lowest BCUT2D eigenvalue weighted by Crippen LogP contribution is -2.41. The minimum Gasteiger partial charge on any atom is -0.492 e. The Kier molecular flexibility index (Phi) is 13.1. The van der Waals surface area contributed by atoms with Crippen molar-refractivity contribution in [3.05, 3.63) is 42.0 Å². The Bertz CT molecular complexity index is 807. The van der Waals surface area contributed by atoms with Crippen LogP contribution in [0.3, 0.4) is 0 Å². The van der Waals surface area contributed by atoms with Crippen molar-refractivity contribution in [2.45, 2.75) is 33.2 Å². The molecule has 10 heteroatoms. The number of ether oxygens (including phenoxy) is 2. The fourth-order valence-corrected chi connectivity index (χ4v) is 3.49. The standard InChI is InChI=1S/C23H37N7O2.HI/c1-3-22-28-27-19-30(22)13-10-25-23(24-9-4-12-29-14-17-31-18-15-29)26-11-16-32-21-7-5-20(2)6-8-21;/h5-8,19H,3-4,9-18H2,1-2H3,(H2,24,25,26);1H. The van der Waals surface area contributed by atoms with Gasteiger partial charge in [-0.15, -0.1) is 34.2 Å². The van der Waals surface area contributed by atoms with Crippen molar-refractivity contribution in [2.24, 2.45) is 4.99 Å². The summed E-state index contributed by atoms with van der Waals surface area (Å²) >= 11 is 0. The number of morpholine rings is 1. The van der Waals surface area contributed by atoms with Crippen LogP contribution in [0.25, 0.3) is 0 Å². The molecule has 0 aliphatic carbocycles. The first-order valence-electron chi connectivity index (χ1n) is 11.6. The zero-order valence-electron chi connectivity index (χ0n) is 19.8. The molecule has 0 radical (unpaired) electrons. The van der Waals surface area contributed by atoms with E-state index in [1.807, 2.05) is 12.1 Å². The average molecular weight is 572 g/mol. The molecule has 33 heavy (non-hydrogen) atoms. The number of hydrogen-bond donors (Lipinski definition) is 2. The average Bonchev–Trinajstić information content (AvgIpc) is 3.28. The Balaban J connectivity index is 0.00000385. The van der Waals surface area contributed by atoms with E-state index in [0.717, 1.165) is 82.9 Å². The van der Waals surface area contributed by atoms with Crippen LogP contribution in [-0.2, 0) is 17.7 Å². The van der Waals surface area contributed by atoms with Gasteiger partial charge in [-0.1, -0.05) is 24.6 Å². The third-order valence-corrected chi connectivity index (χ3v) is 5.35. The lowest BCUT2D eigenvalue weighted by Gasteiger charge is -2.26. The number of aliphatic imine (C=N–C) groups is 1. The van der Waals surface area contributed by atoms with E-state index in [2.05, 4.69) is 56.3 Å². The predicted molar refractivity (Wildman–Crippen MR) is 142 cm³/mol. The van der Waals surface area contributed by atoms with Crippen LogP contribution in [-0.4, -0.2) is 84.7 Å². The maximum atomic E-state index is 5.83. The summed E-state index contributed by atoms with van der Waals surface area (Å²) in [5, 5.41) is 15.0. The van der Waals surface area contributed by atoms with Gasteiger partial charge in [-0.3, -0.25) is 9.89 Å². The van der Waals surface area contributed by atoms with Gasteiger partial charge in [0.1, 0.15) is 24.5 Å². The van der Waals surface area contributed by atoms with Crippen molar-refractivity contribution < 1.29 is 9.47 Å². The molecule has 2 N–H and O–H groups in total. The number of aryl methyl sites for hydroxylation is 2. The largest absolute Gasteiger partial charge is 0.492 e. The van der Waals surface area contributed by atoms with E-state index < -0.39 is 0 Å². The van der Waals surface area contributed by atoms with Crippen molar-refractivity contribution in [3.63, 3.8) is 0 Å². The first-order valence-corrected chi connectivity index (χ1v) is 11.6. The van der Waals surface area contributed by atoms with E-state index >= 15 is 0 Å². The van der Waals surface area contributed by atoms with Gasteiger partial charge < -0.3 is 24.7 Å².